The van der Waals surface area contributed by atoms with E-state index in [1.54, 1.807) is 0 Å². The smallest absolute Gasteiger partial charge is 0.160 e. The Morgan fingerprint density at radius 1 is 0.392 bits per heavy atom. The monoisotopic (exact) mass is 650 g/mol. The summed E-state index contributed by atoms with van der Waals surface area (Å²) in [4.78, 5) is 15.7. The Hall–Kier alpha value is -6.91. The van der Waals surface area contributed by atoms with Crippen molar-refractivity contribution < 1.29 is 0 Å². The lowest BCUT2D eigenvalue weighted by molar-refractivity contribution is 1.18. The number of hydrogen-bond acceptors (Lipinski definition) is 3. The number of benzene rings is 7. The molecule has 3 aromatic heterocycles. The number of pyridine rings is 1. The van der Waals surface area contributed by atoms with Gasteiger partial charge in [0.15, 0.2) is 5.82 Å². The van der Waals surface area contributed by atoms with Crippen LogP contribution in [-0.4, -0.2) is 19.5 Å². The molecule has 0 aliphatic rings. The first-order valence-electron chi connectivity index (χ1n) is 17.2. The van der Waals surface area contributed by atoms with Gasteiger partial charge in [0.25, 0.3) is 0 Å². The van der Waals surface area contributed by atoms with Crippen LogP contribution in [0.4, 0.5) is 0 Å². The second-order valence-corrected chi connectivity index (χ2v) is 12.8. The molecule has 0 atom stereocenters. The zero-order valence-electron chi connectivity index (χ0n) is 27.6. The predicted octanol–water partition coefficient (Wildman–Crippen LogP) is 11.9. The van der Waals surface area contributed by atoms with Gasteiger partial charge in [-0.15, -0.1) is 0 Å². The fourth-order valence-electron chi connectivity index (χ4n) is 7.51. The van der Waals surface area contributed by atoms with Crippen LogP contribution in [0.3, 0.4) is 0 Å². The van der Waals surface area contributed by atoms with Crippen LogP contribution < -0.4 is 0 Å². The van der Waals surface area contributed by atoms with Gasteiger partial charge in [-0.2, -0.15) is 0 Å². The minimum Gasteiger partial charge on any atom is -0.308 e. The zero-order chi connectivity index (χ0) is 33.7. The van der Waals surface area contributed by atoms with Crippen molar-refractivity contribution in [3.63, 3.8) is 0 Å². The summed E-state index contributed by atoms with van der Waals surface area (Å²) in [5, 5.41) is 5.68. The van der Waals surface area contributed by atoms with E-state index in [-0.39, 0.29) is 0 Å². The first-order valence-corrected chi connectivity index (χ1v) is 17.2. The van der Waals surface area contributed by atoms with Crippen LogP contribution in [0, 0.1) is 0 Å². The molecule has 0 aliphatic carbocycles. The molecule has 51 heavy (non-hydrogen) atoms. The number of aromatic nitrogens is 4. The fourth-order valence-corrected chi connectivity index (χ4v) is 7.51. The van der Waals surface area contributed by atoms with Crippen LogP contribution >= 0.6 is 0 Å². The molecule has 4 heteroatoms. The summed E-state index contributed by atoms with van der Waals surface area (Å²) in [5.41, 5.74) is 11.3. The van der Waals surface area contributed by atoms with E-state index >= 15 is 0 Å². The van der Waals surface area contributed by atoms with E-state index in [0.717, 1.165) is 83.1 Å². The van der Waals surface area contributed by atoms with Crippen molar-refractivity contribution in [1.82, 2.24) is 19.5 Å². The Bertz CT molecular complexity index is 2840. The highest BCUT2D eigenvalue weighted by Crippen LogP contribution is 2.44. The maximum Gasteiger partial charge on any atom is 0.160 e. The fraction of sp³-hybridized carbons (Fsp3) is 0. The highest BCUT2D eigenvalue weighted by Gasteiger charge is 2.22. The average Bonchev–Trinajstić information content (AvgIpc) is 3.57. The predicted molar refractivity (Wildman–Crippen MR) is 211 cm³/mol. The van der Waals surface area contributed by atoms with E-state index in [2.05, 4.69) is 162 Å². The summed E-state index contributed by atoms with van der Waals surface area (Å²) in [5.74, 6) is 0.701. The van der Waals surface area contributed by atoms with Crippen molar-refractivity contribution >= 4 is 43.5 Å². The molecule has 0 saturated heterocycles. The molecule has 0 spiro atoms. The van der Waals surface area contributed by atoms with Crippen LogP contribution in [0.1, 0.15) is 0 Å². The van der Waals surface area contributed by atoms with E-state index in [1.807, 2.05) is 24.3 Å². The van der Waals surface area contributed by atoms with Gasteiger partial charge in [0.2, 0.25) is 0 Å². The van der Waals surface area contributed by atoms with Gasteiger partial charge in [-0.3, -0.25) is 0 Å². The normalized spacial score (nSPS) is 11.5. The summed E-state index contributed by atoms with van der Waals surface area (Å²) in [6.45, 7) is 0. The van der Waals surface area contributed by atoms with Gasteiger partial charge in [0.05, 0.1) is 33.6 Å². The maximum atomic E-state index is 5.45. The lowest BCUT2D eigenvalue weighted by Gasteiger charge is -2.15. The van der Waals surface area contributed by atoms with Crippen LogP contribution in [0.5, 0.6) is 0 Å². The minimum absolute atomic E-state index is 0.701. The van der Waals surface area contributed by atoms with Crippen LogP contribution in [0.25, 0.3) is 94.3 Å². The zero-order valence-corrected chi connectivity index (χ0v) is 27.6. The molecule has 0 unspecified atom stereocenters. The van der Waals surface area contributed by atoms with E-state index in [4.69, 9.17) is 15.0 Å². The summed E-state index contributed by atoms with van der Waals surface area (Å²) >= 11 is 0. The highest BCUT2D eigenvalue weighted by molar-refractivity contribution is 6.24. The van der Waals surface area contributed by atoms with Crippen molar-refractivity contribution in [3.05, 3.63) is 182 Å². The van der Waals surface area contributed by atoms with Crippen LogP contribution in [0.15, 0.2) is 182 Å². The van der Waals surface area contributed by atoms with Gasteiger partial charge in [-0.1, -0.05) is 152 Å². The molecule has 4 nitrogen and oxygen atoms in total. The second-order valence-electron chi connectivity index (χ2n) is 12.8. The topological polar surface area (TPSA) is 43.6 Å². The Balaban J connectivity index is 1.27. The summed E-state index contributed by atoms with van der Waals surface area (Å²) in [6.07, 6.45) is 0. The number of rotatable bonds is 5. The molecule has 0 radical (unpaired) electrons. The number of fused-ring (bicyclic) bond motifs is 6. The van der Waals surface area contributed by atoms with Crippen LogP contribution in [-0.2, 0) is 0 Å². The molecular weight excluding hydrogens is 621 g/mol. The standard InChI is InChI=1S/C47H30N4/c1-4-16-31(17-5-1)41-30-42(50-47(49-41)32-18-6-2-7-19-32)36-28-29-37(35-23-11-10-22-34(35)36)45-44-39-25-13-15-27-43(39)51(33-20-8-3-9-21-33)46(44)38-24-12-14-26-40(38)48-45/h1-30H. The van der Waals surface area contributed by atoms with Crippen molar-refractivity contribution in [2.75, 3.05) is 0 Å². The van der Waals surface area contributed by atoms with Crippen molar-refractivity contribution in [1.29, 1.82) is 0 Å². The average molecular weight is 651 g/mol. The molecule has 10 rings (SSSR count). The van der Waals surface area contributed by atoms with Gasteiger partial charge >= 0.3 is 0 Å². The molecule has 7 aromatic carbocycles. The first kappa shape index (κ1) is 29.0. The van der Waals surface area contributed by atoms with Gasteiger partial charge in [0.1, 0.15) is 0 Å². The molecule has 238 valence electrons. The lowest BCUT2D eigenvalue weighted by Crippen LogP contribution is -1.97. The SMILES string of the molecule is c1ccc(-c2cc(-c3ccc(-c4nc5ccccc5c5c4c4ccccc4n5-c4ccccc4)c4ccccc34)nc(-c3ccccc3)n2)cc1. The van der Waals surface area contributed by atoms with Crippen molar-refractivity contribution in [2.45, 2.75) is 0 Å². The molecule has 0 amide bonds. The third kappa shape index (κ3) is 4.80. The molecule has 10 aromatic rings. The summed E-state index contributed by atoms with van der Waals surface area (Å²) in [6, 6.07) is 63.6. The van der Waals surface area contributed by atoms with E-state index in [0.29, 0.717) is 5.82 Å². The first-order chi connectivity index (χ1) is 25.3. The molecular formula is C47H30N4. The van der Waals surface area contributed by atoms with Gasteiger partial charge in [-0.05, 0) is 41.1 Å². The van der Waals surface area contributed by atoms with Gasteiger partial charge in [-0.25, -0.2) is 15.0 Å². The third-order valence-electron chi connectivity index (χ3n) is 9.80. The minimum atomic E-state index is 0.701. The molecule has 0 aliphatic heterocycles. The van der Waals surface area contributed by atoms with Gasteiger partial charge < -0.3 is 4.57 Å². The number of para-hydroxylation sites is 3. The molecule has 0 bridgehead atoms. The molecule has 3 heterocycles. The summed E-state index contributed by atoms with van der Waals surface area (Å²) in [7, 11) is 0. The molecule has 0 N–H and O–H groups in total. The number of hydrogen-bond donors (Lipinski definition) is 0. The molecule has 0 saturated carbocycles. The summed E-state index contributed by atoms with van der Waals surface area (Å²) < 4.78 is 2.39. The Labute approximate surface area is 295 Å². The maximum absolute atomic E-state index is 5.45. The van der Waals surface area contributed by atoms with Crippen molar-refractivity contribution in [3.8, 4) is 50.8 Å². The van der Waals surface area contributed by atoms with E-state index in [9.17, 15) is 0 Å². The van der Waals surface area contributed by atoms with E-state index in [1.165, 1.54) is 5.39 Å². The largest absolute Gasteiger partial charge is 0.308 e. The quantitative estimate of drug-likeness (QED) is 0.186. The third-order valence-corrected chi connectivity index (χ3v) is 9.80. The van der Waals surface area contributed by atoms with Gasteiger partial charge in [0, 0.05) is 44.1 Å². The second kappa shape index (κ2) is 11.9. The number of nitrogens with zero attached hydrogens (tertiary/aromatic N) is 4. The Morgan fingerprint density at radius 3 is 1.69 bits per heavy atom. The lowest BCUT2D eigenvalue weighted by atomic mass is 9.93. The highest BCUT2D eigenvalue weighted by atomic mass is 15.0. The molecule has 0 fully saturated rings. The Kier molecular flexibility index (Phi) is 6.78. The van der Waals surface area contributed by atoms with Crippen LogP contribution in [0.2, 0.25) is 0 Å². The van der Waals surface area contributed by atoms with Crippen molar-refractivity contribution in [2.24, 2.45) is 0 Å². The Morgan fingerprint density at radius 2 is 0.941 bits per heavy atom. The van der Waals surface area contributed by atoms with E-state index < -0.39 is 0 Å².